The molecule has 1 amide bonds. The molecule has 5 nitrogen and oxygen atoms in total. The predicted molar refractivity (Wildman–Crippen MR) is 106 cm³/mol. The smallest absolute Gasteiger partial charge is 0.243 e. The molecule has 0 aromatic heterocycles. The van der Waals surface area contributed by atoms with Crippen LogP contribution in [0.25, 0.3) is 0 Å². The van der Waals surface area contributed by atoms with E-state index in [-0.39, 0.29) is 23.9 Å². The summed E-state index contributed by atoms with van der Waals surface area (Å²) in [6.45, 7) is 2.05. The van der Waals surface area contributed by atoms with Gasteiger partial charge in [-0.25, -0.2) is 8.42 Å². The zero-order valence-electron chi connectivity index (χ0n) is 16.4. The fourth-order valence-corrected chi connectivity index (χ4v) is 6.23. The summed E-state index contributed by atoms with van der Waals surface area (Å²) in [6.07, 6.45) is 9.12. The molecule has 1 unspecified atom stereocenters. The maximum absolute atomic E-state index is 13.1. The van der Waals surface area contributed by atoms with Crippen molar-refractivity contribution in [2.75, 3.05) is 11.9 Å². The molecule has 4 rings (SSSR count). The summed E-state index contributed by atoms with van der Waals surface area (Å²) in [6, 6.07) is 5.53. The first-order valence-corrected chi connectivity index (χ1v) is 11.8. The molecule has 0 bridgehead atoms. The van der Waals surface area contributed by atoms with Crippen molar-refractivity contribution in [1.29, 1.82) is 0 Å². The largest absolute Gasteiger partial charge is 0.309 e. The average molecular weight is 391 g/mol. The number of amides is 1. The van der Waals surface area contributed by atoms with E-state index in [2.05, 4.69) is 6.92 Å². The highest BCUT2D eigenvalue weighted by molar-refractivity contribution is 7.89. The maximum atomic E-state index is 13.1. The summed E-state index contributed by atoms with van der Waals surface area (Å²) in [5.74, 6) is 0.363. The van der Waals surface area contributed by atoms with Crippen molar-refractivity contribution in [1.82, 2.24) is 4.31 Å². The van der Waals surface area contributed by atoms with Gasteiger partial charge in [0.05, 0.1) is 4.90 Å². The van der Waals surface area contributed by atoms with Gasteiger partial charge in [0.1, 0.15) is 0 Å². The number of carbonyl (C=O) groups is 1. The molecular formula is C21H30N2O3S. The van der Waals surface area contributed by atoms with E-state index in [1.54, 1.807) is 23.5 Å². The molecule has 0 N–H and O–H groups in total. The monoisotopic (exact) mass is 390 g/mol. The van der Waals surface area contributed by atoms with Crippen LogP contribution in [0.4, 0.5) is 5.69 Å². The lowest BCUT2D eigenvalue weighted by atomic mass is 9.84. The molecule has 2 saturated carbocycles. The van der Waals surface area contributed by atoms with Crippen molar-refractivity contribution in [3.05, 3.63) is 23.8 Å². The van der Waals surface area contributed by atoms with Gasteiger partial charge in [-0.05, 0) is 62.8 Å². The van der Waals surface area contributed by atoms with E-state index >= 15 is 0 Å². The fraction of sp³-hybridized carbons (Fsp3) is 0.667. The highest BCUT2D eigenvalue weighted by atomic mass is 32.2. The number of sulfonamides is 1. The second-order valence-electron chi connectivity index (χ2n) is 8.49. The van der Waals surface area contributed by atoms with Gasteiger partial charge in [0.2, 0.25) is 15.9 Å². The number of fused-ring (bicyclic) bond motifs is 1. The molecule has 1 atom stereocenters. The Morgan fingerprint density at radius 3 is 2.41 bits per heavy atom. The van der Waals surface area contributed by atoms with Gasteiger partial charge in [-0.3, -0.25) is 4.79 Å². The van der Waals surface area contributed by atoms with E-state index in [9.17, 15) is 13.2 Å². The van der Waals surface area contributed by atoms with E-state index in [1.165, 1.54) is 6.42 Å². The minimum Gasteiger partial charge on any atom is -0.309 e. The van der Waals surface area contributed by atoms with Crippen LogP contribution in [0.3, 0.4) is 0 Å². The quantitative estimate of drug-likeness (QED) is 0.787. The van der Waals surface area contributed by atoms with E-state index in [0.29, 0.717) is 4.90 Å². The van der Waals surface area contributed by atoms with Crippen LogP contribution in [0.15, 0.2) is 23.1 Å². The SMILES string of the molecule is CC1Cc2cc(S(=O)(=O)N(C)C3CCCCC3)ccc2N1C(=O)C1CCC1. The van der Waals surface area contributed by atoms with Crippen LogP contribution in [0.5, 0.6) is 0 Å². The molecule has 0 saturated heterocycles. The lowest BCUT2D eigenvalue weighted by Gasteiger charge is -2.32. The van der Waals surface area contributed by atoms with Crippen molar-refractivity contribution in [3.8, 4) is 0 Å². The van der Waals surface area contributed by atoms with E-state index in [4.69, 9.17) is 0 Å². The van der Waals surface area contributed by atoms with Gasteiger partial charge in [0, 0.05) is 30.7 Å². The Kier molecular flexibility index (Phi) is 5.06. The topological polar surface area (TPSA) is 57.7 Å². The zero-order valence-corrected chi connectivity index (χ0v) is 17.2. The van der Waals surface area contributed by atoms with E-state index < -0.39 is 10.0 Å². The third-order valence-corrected chi connectivity index (χ3v) is 8.63. The lowest BCUT2D eigenvalue weighted by molar-refractivity contribution is -0.125. The lowest BCUT2D eigenvalue weighted by Crippen LogP contribution is -2.42. The second kappa shape index (κ2) is 7.21. The van der Waals surface area contributed by atoms with Crippen LogP contribution >= 0.6 is 0 Å². The third kappa shape index (κ3) is 3.31. The Morgan fingerprint density at radius 2 is 1.78 bits per heavy atom. The molecule has 148 valence electrons. The molecule has 27 heavy (non-hydrogen) atoms. The minimum absolute atomic E-state index is 0.0992. The number of carbonyl (C=O) groups excluding carboxylic acids is 1. The molecule has 2 fully saturated rings. The van der Waals surface area contributed by atoms with Crippen LogP contribution in [-0.2, 0) is 21.2 Å². The van der Waals surface area contributed by atoms with Gasteiger partial charge in [0.15, 0.2) is 0 Å². The first-order valence-electron chi connectivity index (χ1n) is 10.3. The summed E-state index contributed by atoms with van der Waals surface area (Å²) < 4.78 is 27.8. The number of hydrogen-bond acceptors (Lipinski definition) is 3. The van der Waals surface area contributed by atoms with Crippen molar-refractivity contribution >= 4 is 21.6 Å². The summed E-state index contributed by atoms with van der Waals surface area (Å²) in [5.41, 5.74) is 1.88. The Bertz CT molecular complexity index is 826. The van der Waals surface area contributed by atoms with Crippen LogP contribution in [-0.4, -0.2) is 37.8 Å². The highest BCUT2D eigenvalue weighted by Gasteiger charge is 2.38. The van der Waals surface area contributed by atoms with E-state index in [0.717, 1.165) is 62.6 Å². The van der Waals surface area contributed by atoms with Crippen LogP contribution < -0.4 is 4.90 Å². The maximum Gasteiger partial charge on any atom is 0.243 e. The van der Waals surface area contributed by atoms with Gasteiger partial charge < -0.3 is 4.90 Å². The number of anilines is 1. The Balaban J connectivity index is 1.59. The average Bonchev–Trinajstić information content (AvgIpc) is 2.95. The Morgan fingerprint density at radius 1 is 1.07 bits per heavy atom. The third-order valence-electron chi connectivity index (χ3n) is 6.72. The zero-order chi connectivity index (χ0) is 19.2. The predicted octanol–water partition coefficient (Wildman–Crippen LogP) is 3.72. The van der Waals surface area contributed by atoms with Gasteiger partial charge >= 0.3 is 0 Å². The summed E-state index contributed by atoms with van der Waals surface area (Å²) in [4.78, 5) is 15.1. The molecule has 0 radical (unpaired) electrons. The molecular weight excluding hydrogens is 360 g/mol. The molecule has 0 spiro atoms. The van der Waals surface area contributed by atoms with Crippen molar-refractivity contribution in [2.24, 2.45) is 5.92 Å². The number of benzene rings is 1. The molecule has 1 aliphatic heterocycles. The first-order chi connectivity index (χ1) is 12.9. The minimum atomic E-state index is -3.50. The first kappa shape index (κ1) is 18.9. The number of hydrogen-bond donors (Lipinski definition) is 0. The van der Waals surface area contributed by atoms with E-state index in [1.807, 2.05) is 11.0 Å². The van der Waals surface area contributed by atoms with Crippen LogP contribution in [0, 0.1) is 5.92 Å². The fourth-order valence-electron chi connectivity index (χ4n) is 4.76. The molecule has 2 aliphatic carbocycles. The van der Waals surface area contributed by atoms with Crippen LogP contribution in [0.1, 0.15) is 63.9 Å². The standard InChI is InChI=1S/C21H30N2O3S/c1-15-13-17-14-19(27(25,26)22(2)18-9-4-3-5-10-18)11-12-20(17)23(15)21(24)16-7-6-8-16/h11-12,14-16,18H,3-10,13H2,1-2H3. The Hall–Kier alpha value is -1.40. The normalized spacial score (nSPS) is 24.1. The molecule has 1 heterocycles. The second-order valence-corrected chi connectivity index (χ2v) is 10.5. The number of nitrogens with zero attached hydrogens (tertiary/aromatic N) is 2. The molecule has 1 aromatic rings. The van der Waals surface area contributed by atoms with Gasteiger partial charge in [0.25, 0.3) is 0 Å². The van der Waals surface area contributed by atoms with Crippen molar-refractivity contribution in [3.63, 3.8) is 0 Å². The Labute approximate surface area is 162 Å². The summed E-state index contributed by atoms with van der Waals surface area (Å²) >= 11 is 0. The highest BCUT2D eigenvalue weighted by Crippen LogP contribution is 2.38. The van der Waals surface area contributed by atoms with Crippen molar-refractivity contribution in [2.45, 2.75) is 81.7 Å². The van der Waals surface area contributed by atoms with Crippen LogP contribution in [0.2, 0.25) is 0 Å². The van der Waals surface area contributed by atoms with Gasteiger partial charge in [-0.2, -0.15) is 4.31 Å². The van der Waals surface area contributed by atoms with Gasteiger partial charge in [-0.1, -0.05) is 25.7 Å². The summed E-state index contributed by atoms with van der Waals surface area (Å²) in [7, 11) is -1.78. The molecule has 1 aromatic carbocycles. The molecule has 3 aliphatic rings. The van der Waals surface area contributed by atoms with Gasteiger partial charge in [-0.15, -0.1) is 0 Å². The molecule has 6 heteroatoms. The summed E-state index contributed by atoms with van der Waals surface area (Å²) in [5, 5.41) is 0. The van der Waals surface area contributed by atoms with Crippen molar-refractivity contribution < 1.29 is 13.2 Å². The number of rotatable bonds is 4.